The van der Waals surface area contributed by atoms with Gasteiger partial charge in [-0.05, 0) is 42.7 Å². The van der Waals surface area contributed by atoms with Gasteiger partial charge in [-0.25, -0.2) is 0 Å². The van der Waals surface area contributed by atoms with Gasteiger partial charge in [0.05, 0.1) is 24.0 Å². The van der Waals surface area contributed by atoms with Crippen molar-refractivity contribution >= 4 is 23.2 Å². The Kier molecular flexibility index (Phi) is 7.32. The van der Waals surface area contributed by atoms with Crippen LogP contribution in [0.3, 0.4) is 0 Å². The van der Waals surface area contributed by atoms with E-state index in [1.54, 1.807) is 31.4 Å². The van der Waals surface area contributed by atoms with E-state index in [4.69, 9.17) is 9.47 Å². The molecule has 0 spiro atoms. The van der Waals surface area contributed by atoms with Gasteiger partial charge >= 0.3 is 6.18 Å². The molecule has 10 heteroatoms. The fraction of sp³-hybridized carbons (Fsp3) is 0.440. The van der Waals surface area contributed by atoms with Gasteiger partial charge in [-0.1, -0.05) is 24.3 Å². The van der Waals surface area contributed by atoms with Crippen LogP contribution in [0.15, 0.2) is 48.5 Å². The van der Waals surface area contributed by atoms with Crippen LogP contribution in [-0.2, 0) is 31.8 Å². The minimum absolute atomic E-state index is 0.0387. The third kappa shape index (κ3) is 5.76. The SMILES string of the molecule is COC1CC(C(=O)N[C@@]2(C(=O)NCc3ccc(Nc4ccccc4C(F)(F)F)cc3)CCOC2)C1. The summed E-state index contributed by atoms with van der Waals surface area (Å²) in [5, 5.41) is 8.54. The molecule has 2 amide bonds. The van der Waals surface area contributed by atoms with Crippen LogP contribution in [0, 0.1) is 5.92 Å². The summed E-state index contributed by atoms with van der Waals surface area (Å²) in [6, 6.07) is 12.0. The number of benzene rings is 2. The Morgan fingerprint density at radius 2 is 1.83 bits per heavy atom. The second kappa shape index (κ2) is 10.2. The van der Waals surface area contributed by atoms with Crippen LogP contribution >= 0.6 is 0 Å². The Morgan fingerprint density at radius 3 is 2.46 bits per heavy atom. The summed E-state index contributed by atoms with van der Waals surface area (Å²) in [5.41, 5.74) is -0.654. The van der Waals surface area contributed by atoms with Crippen LogP contribution in [0.1, 0.15) is 30.4 Å². The molecule has 0 aromatic heterocycles. The summed E-state index contributed by atoms with van der Waals surface area (Å²) in [4.78, 5) is 25.6. The summed E-state index contributed by atoms with van der Waals surface area (Å²) in [5.74, 6) is -0.673. The summed E-state index contributed by atoms with van der Waals surface area (Å²) in [6.45, 7) is 0.677. The molecular formula is C25H28F3N3O4. The number of rotatable bonds is 8. The quantitative estimate of drug-likeness (QED) is 0.523. The number of alkyl halides is 3. The summed E-state index contributed by atoms with van der Waals surface area (Å²) < 4.78 is 50.3. The first-order chi connectivity index (χ1) is 16.7. The highest BCUT2D eigenvalue weighted by Crippen LogP contribution is 2.36. The van der Waals surface area contributed by atoms with Crippen molar-refractivity contribution in [1.29, 1.82) is 0 Å². The molecule has 2 aromatic carbocycles. The number of para-hydroxylation sites is 1. The normalized spacial score (nSPS) is 23.9. The number of methoxy groups -OCH3 is 1. The van der Waals surface area contributed by atoms with Crippen LogP contribution in [-0.4, -0.2) is 43.8 Å². The van der Waals surface area contributed by atoms with Crippen molar-refractivity contribution in [3.63, 3.8) is 0 Å². The molecule has 0 unspecified atom stereocenters. The van der Waals surface area contributed by atoms with Gasteiger partial charge in [-0.3, -0.25) is 9.59 Å². The smallest absolute Gasteiger partial charge is 0.381 e. The highest BCUT2D eigenvalue weighted by molar-refractivity contribution is 5.92. The Bertz CT molecular complexity index is 1050. The molecule has 2 fully saturated rings. The molecule has 0 radical (unpaired) electrons. The van der Waals surface area contributed by atoms with E-state index in [1.165, 1.54) is 18.2 Å². The van der Waals surface area contributed by atoms with E-state index in [0.717, 1.165) is 11.6 Å². The first kappa shape index (κ1) is 25.0. The Morgan fingerprint density at radius 1 is 1.11 bits per heavy atom. The van der Waals surface area contributed by atoms with E-state index in [1.807, 2.05) is 0 Å². The highest BCUT2D eigenvalue weighted by Gasteiger charge is 2.46. The molecule has 1 saturated heterocycles. The molecule has 1 aliphatic carbocycles. The predicted octanol–water partition coefficient (Wildman–Crippen LogP) is 3.77. The van der Waals surface area contributed by atoms with Crippen molar-refractivity contribution in [2.24, 2.45) is 5.92 Å². The third-order valence-electron chi connectivity index (χ3n) is 6.54. The van der Waals surface area contributed by atoms with Crippen molar-refractivity contribution in [3.8, 4) is 0 Å². The van der Waals surface area contributed by atoms with Crippen molar-refractivity contribution in [1.82, 2.24) is 10.6 Å². The first-order valence-corrected chi connectivity index (χ1v) is 11.4. The average molecular weight is 492 g/mol. The first-order valence-electron chi connectivity index (χ1n) is 11.4. The van der Waals surface area contributed by atoms with E-state index in [2.05, 4.69) is 16.0 Å². The maximum absolute atomic E-state index is 13.2. The molecule has 2 aromatic rings. The standard InChI is InChI=1S/C25H28F3N3O4/c1-34-19-12-17(13-19)22(32)31-24(10-11-35-15-24)23(33)29-14-16-6-8-18(9-7-16)30-21-5-3-2-4-20(21)25(26,27)28/h2-9,17,19,30H,10-15H2,1H3,(H,29,33)(H,31,32)/t17?,19?,24-/m0/s1. The molecule has 1 heterocycles. The average Bonchev–Trinajstić information content (AvgIpc) is 3.27. The van der Waals surface area contributed by atoms with Crippen LogP contribution in [0.2, 0.25) is 0 Å². The summed E-state index contributed by atoms with van der Waals surface area (Å²) in [7, 11) is 1.61. The fourth-order valence-corrected chi connectivity index (χ4v) is 4.26. The molecule has 35 heavy (non-hydrogen) atoms. The number of carbonyl (C=O) groups excluding carboxylic acids is 2. The molecule has 3 N–H and O–H groups in total. The maximum Gasteiger partial charge on any atom is 0.418 e. The van der Waals surface area contributed by atoms with E-state index in [-0.39, 0.29) is 42.7 Å². The molecular weight excluding hydrogens is 463 g/mol. The van der Waals surface area contributed by atoms with E-state index < -0.39 is 17.3 Å². The van der Waals surface area contributed by atoms with Crippen LogP contribution < -0.4 is 16.0 Å². The largest absolute Gasteiger partial charge is 0.418 e. The molecule has 188 valence electrons. The maximum atomic E-state index is 13.2. The van der Waals surface area contributed by atoms with Gasteiger partial charge in [0, 0.05) is 38.3 Å². The van der Waals surface area contributed by atoms with Crippen molar-refractivity contribution in [3.05, 3.63) is 59.7 Å². The van der Waals surface area contributed by atoms with Crippen molar-refractivity contribution in [2.75, 3.05) is 25.6 Å². The number of anilines is 2. The van der Waals surface area contributed by atoms with Crippen LogP contribution in [0.5, 0.6) is 0 Å². The minimum atomic E-state index is -4.47. The van der Waals surface area contributed by atoms with Gasteiger partial charge in [0.25, 0.3) is 0 Å². The van der Waals surface area contributed by atoms with Crippen LogP contribution in [0.25, 0.3) is 0 Å². The van der Waals surface area contributed by atoms with E-state index >= 15 is 0 Å². The summed E-state index contributed by atoms with van der Waals surface area (Å²) >= 11 is 0. The van der Waals surface area contributed by atoms with Crippen molar-refractivity contribution in [2.45, 2.75) is 43.6 Å². The summed E-state index contributed by atoms with van der Waals surface area (Å²) in [6.07, 6.45) is -2.74. The number of amides is 2. The van der Waals surface area contributed by atoms with Crippen molar-refractivity contribution < 1.29 is 32.2 Å². The fourth-order valence-electron chi connectivity index (χ4n) is 4.26. The number of carbonyl (C=O) groups is 2. The number of hydrogen-bond donors (Lipinski definition) is 3. The lowest BCUT2D eigenvalue weighted by Crippen LogP contribution is -2.61. The molecule has 1 atom stereocenters. The second-order valence-electron chi connectivity index (χ2n) is 8.95. The number of halogens is 3. The zero-order valence-corrected chi connectivity index (χ0v) is 19.3. The zero-order valence-electron chi connectivity index (χ0n) is 19.3. The molecule has 4 rings (SSSR count). The molecule has 2 aliphatic rings. The molecule has 1 aliphatic heterocycles. The van der Waals surface area contributed by atoms with Gasteiger partial charge in [0.1, 0.15) is 5.54 Å². The van der Waals surface area contributed by atoms with E-state index in [9.17, 15) is 22.8 Å². The second-order valence-corrected chi connectivity index (χ2v) is 8.95. The Hall–Kier alpha value is -3.11. The monoisotopic (exact) mass is 491 g/mol. The number of hydrogen-bond acceptors (Lipinski definition) is 5. The molecule has 7 nitrogen and oxygen atoms in total. The van der Waals surface area contributed by atoms with Gasteiger partial charge in [-0.2, -0.15) is 13.2 Å². The lowest BCUT2D eigenvalue weighted by atomic mass is 9.80. The lowest BCUT2D eigenvalue weighted by molar-refractivity contribution is -0.140. The van der Waals surface area contributed by atoms with Gasteiger partial charge < -0.3 is 25.4 Å². The van der Waals surface area contributed by atoms with Gasteiger partial charge in [0.15, 0.2) is 0 Å². The Balaban J connectivity index is 1.34. The van der Waals surface area contributed by atoms with Gasteiger partial charge in [-0.15, -0.1) is 0 Å². The topological polar surface area (TPSA) is 88.7 Å². The highest BCUT2D eigenvalue weighted by atomic mass is 19.4. The van der Waals surface area contributed by atoms with E-state index in [0.29, 0.717) is 31.6 Å². The third-order valence-corrected chi connectivity index (χ3v) is 6.54. The Labute approximate surface area is 201 Å². The molecule has 1 saturated carbocycles. The minimum Gasteiger partial charge on any atom is -0.381 e. The zero-order chi connectivity index (χ0) is 25.1. The number of nitrogens with one attached hydrogen (secondary N) is 3. The predicted molar refractivity (Wildman–Crippen MR) is 123 cm³/mol. The number of ether oxygens (including phenoxy) is 2. The molecule has 0 bridgehead atoms. The van der Waals surface area contributed by atoms with Gasteiger partial charge in [0.2, 0.25) is 11.8 Å². The lowest BCUT2D eigenvalue weighted by Gasteiger charge is -2.36. The van der Waals surface area contributed by atoms with Crippen LogP contribution in [0.4, 0.5) is 24.5 Å².